The van der Waals surface area contributed by atoms with Gasteiger partial charge in [0, 0.05) is 18.5 Å². The molecule has 0 aliphatic heterocycles. The molecule has 3 N–H and O–H groups in total. The van der Waals surface area contributed by atoms with E-state index < -0.39 is 5.41 Å². The van der Waals surface area contributed by atoms with Gasteiger partial charge >= 0.3 is 0 Å². The second kappa shape index (κ2) is 4.07. The lowest BCUT2D eigenvalue weighted by atomic mass is 9.95. The van der Waals surface area contributed by atoms with Gasteiger partial charge in [0.25, 0.3) is 0 Å². The Morgan fingerprint density at radius 3 is 2.00 bits per heavy atom. The average molecular weight is 184 g/mol. The number of allylic oxidation sites excluding steroid dienone is 1. The Hall–Kier alpha value is -1.32. The zero-order valence-corrected chi connectivity index (χ0v) is 8.47. The van der Waals surface area contributed by atoms with Gasteiger partial charge in [-0.2, -0.15) is 0 Å². The molecule has 4 heteroatoms. The van der Waals surface area contributed by atoms with E-state index >= 15 is 0 Å². The highest BCUT2D eigenvalue weighted by Gasteiger charge is 2.22. The van der Waals surface area contributed by atoms with E-state index in [1.807, 2.05) is 0 Å². The molecule has 0 fully saturated rings. The molecular formula is C9H16N2O2. The van der Waals surface area contributed by atoms with Crippen LogP contribution in [0.4, 0.5) is 0 Å². The number of ketones is 1. The maximum absolute atomic E-state index is 11.4. The summed E-state index contributed by atoms with van der Waals surface area (Å²) in [6, 6.07) is 0. The third-order valence-corrected chi connectivity index (χ3v) is 1.48. The molecule has 13 heavy (non-hydrogen) atoms. The molecule has 0 rings (SSSR count). The average Bonchev–Trinajstić information content (AvgIpc) is 1.96. The third kappa shape index (κ3) is 3.73. The summed E-state index contributed by atoms with van der Waals surface area (Å²) in [5.74, 6) is -0.473. The van der Waals surface area contributed by atoms with E-state index in [4.69, 9.17) is 5.73 Å². The van der Waals surface area contributed by atoms with Crippen LogP contribution in [0.2, 0.25) is 0 Å². The van der Waals surface area contributed by atoms with E-state index in [0.29, 0.717) is 0 Å². The number of nitrogens with one attached hydrogen (secondary N) is 1. The number of carbonyl (C=O) groups is 2. The van der Waals surface area contributed by atoms with Gasteiger partial charge in [-0.25, -0.2) is 0 Å². The van der Waals surface area contributed by atoms with Crippen molar-refractivity contribution in [2.24, 2.45) is 11.1 Å². The minimum absolute atomic E-state index is 0.139. The van der Waals surface area contributed by atoms with E-state index in [9.17, 15) is 9.59 Å². The second-order valence-electron chi connectivity index (χ2n) is 3.84. The smallest absolute Gasteiger partial charge is 0.229 e. The summed E-state index contributed by atoms with van der Waals surface area (Å²) in [5, 5.41) is 2.45. The van der Waals surface area contributed by atoms with Crippen molar-refractivity contribution in [1.29, 1.82) is 0 Å². The van der Waals surface area contributed by atoms with E-state index in [-0.39, 0.29) is 17.4 Å². The molecule has 0 radical (unpaired) electrons. The van der Waals surface area contributed by atoms with E-state index in [1.165, 1.54) is 6.92 Å². The zero-order chi connectivity index (χ0) is 10.6. The highest BCUT2D eigenvalue weighted by molar-refractivity contribution is 5.98. The van der Waals surface area contributed by atoms with Crippen molar-refractivity contribution < 1.29 is 9.59 Å². The minimum atomic E-state index is -0.524. The molecule has 74 valence electrons. The van der Waals surface area contributed by atoms with Gasteiger partial charge in [0.05, 0.1) is 5.70 Å². The van der Waals surface area contributed by atoms with Gasteiger partial charge < -0.3 is 11.1 Å². The van der Waals surface area contributed by atoms with Crippen LogP contribution in [0.15, 0.2) is 11.9 Å². The molecule has 0 aliphatic rings. The Morgan fingerprint density at radius 2 is 1.77 bits per heavy atom. The first kappa shape index (κ1) is 11.7. The molecule has 0 bridgehead atoms. The van der Waals surface area contributed by atoms with Gasteiger partial charge in [0.2, 0.25) is 5.91 Å². The van der Waals surface area contributed by atoms with Crippen molar-refractivity contribution in [2.45, 2.75) is 27.7 Å². The van der Waals surface area contributed by atoms with Crippen LogP contribution in [0.3, 0.4) is 0 Å². The van der Waals surface area contributed by atoms with Crippen molar-refractivity contribution in [3.8, 4) is 0 Å². The first-order chi connectivity index (χ1) is 5.79. The van der Waals surface area contributed by atoms with Crippen LogP contribution >= 0.6 is 0 Å². The highest BCUT2D eigenvalue weighted by atomic mass is 16.2. The molecule has 0 saturated carbocycles. The van der Waals surface area contributed by atoms with Gasteiger partial charge in [0.15, 0.2) is 5.78 Å². The highest BCUT2D eigenvalue weighted by Crippen LogP contribution is 2.13. The summed E-state index contributed by atoms with van der Waals surface area (Å²) >= 11 is 0. The Morgan fingerprint density at radius 1 is 1.31 bits per heavy atom. The Balaban J connectivity index is 4.46. The second-order valence-corrected chi connectivity index (χ2v) is 3.84. The molecule has 0 aromatic carbocycles. The van der Waals surface area contributed by atoms with Crippen molar-refractivity contribution in [3.05, 3.63) is 11.9 Å². The normalized spacial score (nSPS) is 12.5. The van der Waals surface area contributed by atoms with Crippen LogP contribution in [-0.4, -0.2) is 11.7 Å². The number of carbonyl (C=O) groups excluding carboxylic acids is 2. The Labute approximate surface area is 78.2 Å². The molecular weight excluding hydrogens is 168 g/mol. The molecule has 0 aromatic heterocycles. The molecule has 0 heterocycles. The molecule has 0 spiro atoms. The summed E-state index contributed by atoms with van der Waals surface area (Å²) in [6.07, 6.45) is 1.10. The van der Waals surface area contributed by atoms with Gasteiger partial charge in [-0.1, -0.05) is 20.8 Å². The van der Waals surface area contributed by atoms with Crippen LogP contribution in [0.5, 0.6) is 0 Å². The number of nitrogens with two attached hydrogens (primary N) is 1. The van der Waals surface area contributed by atoms with Crippen LogP contribution in [0.25, 0.3) is 0 Å². The Bertz CT molecular complexity index is 249. The van der Waals surface area contributed by atoms with Gasteiger partial charge in [-0.3, -0.25) is 9.59 Å². The lowest BCUT2D eigenvalue weighted by Gasteiger charge is -2.17. The van der Waals surface area contributed by atoms with Crippen LogP contribution in [-0.2, 0) is 9.59 Å². The van der Waals surface area contributed by atoms with Crippen molar-refractivity contribution in [1.82, 2.24) is 5.32 Å². The largest absolute Gasteiger partial charge is 0.403 e. The summed E-state index contributed by atoms with van der Waals surface area (Å²) < 4.78 is 0. The predicted octanol–water partition coefficient (Wildman–Crippen LogP) is 0.538. The molecule has 0 aromatic rings. The fourth-order valence-electron chi connectivity index (χ4n) is 0.557. The van der Waals surface area contributed by atoms with E-state index in [0.717, 1.165) is 6.20 Å². The van der Waals surface area contributed by atoms with E-state index in [2.05, 4.69) is 5.32 Å². The first-order valence-electron chi connectivity index (χ1n) is 4.03. The van der Waals surface area contributed by atoms with E-state index in [1.54, 1.807) is 20.8 Å². The summed E-state index contributed by atoms with van der Waals surface area (Å²) in [5.41, 5.74) is 4.78. The van der Waals surface area contributed by atoms with Gasteiger partial charge in [-0.15, -0.1) is 0 Å². The number of rotatable bonds is 2. The summed E-state index contributed by atoms with van der Waals surface area (Å²) in [6.45, 7) is 6.63. The lowest BCUT2D eigenvalue weighted by Crippen LogP contribution is -2.36. The molecule has 0 saturated heterocycles. The lowest BCUT2D eigenvalue weighted by molar-refractivity contribution is -0.129. The molecule has 4 nitrogen and oxygen atoms in total. The van der Waals surface area contributed by atoms with Crippen LogP contribution < -0.4 is 11.1 Å². The monoisotopic (exact) mass is 184 g/mol. The standard InChI is InChI=1S/C9H16N2O2/c1-6(12)7(5-10)11-8(13)9(2,3)4/h5H,10H2,1-4H3,(H,11,13)/b7-5-. The maximum Gasteiger partial charge on any atom is 0.229 e. The number of hydrogen-bond acceptors (Lipinski definition) is 3. The summed E-state index contributed by atoms with van der Waals surface area (Å²) in [4.78, 5) is 22.3. The minimum Gasteiger partial charge on any atom is -0.403 e. The molecule has 0 unspecified atom stereocenters. The third-order valence-electron chi connectivity index (χ3n) is 1.48. The fourth-order valence-corrected chi connectivity index (χ4v) is 0.557. The first-order valence-corrected chi connectivity index (χ1v) is 4.03. The van der Waals surface area contributed by atoms with Gasteiger partial charge in [0.1, 0.15) is 0 Å². The quantitative estimate of drug-likeness (QED) is 0.615. The van der Waals surface area contributed by atoms with Crippen molar-refractivity contribution in [2.75, 3.05) is 0 Å². The molecule has 1 amide bonds. The Kier molecular flexibility index (Phi) is 3.66. The molecule has 0 atom stereocenters. The topological polar surface area (TPSA) is 72.2 Å². The SMILES string of the molecule is CC(=O)/C(=C/N)NC(=O)C(C)(C)C. The number of amides is 1. The van der Waals surface area contributed by atoms with Crippen molar-refractivity contribution in [3.63, 3.8) is 0 Å². The predicted molar refractivity (Wildman–Crippen MR) is 50.5 cm³/mol. The van der Waals surface area contributed by atoms with Crippen LogP contribution in [0, 0.1) is 5.41 Å². The number of hydrogen-bond donors (Lipinski definition) is 2. The maximum atomic E-state index is 11.4. The van der Waals surface area contributed by atoms with Gasteiger partial charge in [-0.05, 0) is 0 Å². The number of Topliss-reactive ketones (excluding diaryl/α,β-unsaturated/α-hetero) is 1. The zero-order valence-electron chi connectivity index (χ0n) is 8.47. The summed E-state index contributed by atoms with van der Waals surface area (Å²) in [7, 11) is 0. The van der Waals surface area contributed by atoms with Crippen LogP contribution in [0.1, 0.15) is 27.7 Å². The molecule has 0 aliphatic carbocycles. The fraction of sp³-hybridized carbons (Fsp3) is 0.556. The van der Waals surface area contributed by atoms with Crippen molar-refractivity contribution >= 4 is 11.7 Å².